The molecule has 10 heterocycles. The summed E-state index contributed by atoms with van der Waals surface area (Å²) in [6.07, 6.45) is 7.68. The minimum Gasteiger partial charge on any atom is -0.473 e. The molecule has 1 aliphatic rings. The number of halogens is 3. The molecule has 0 bridgehead atoms. The van der Waals surface area contributed by atoms with E-state index in [4.69, 9.17) is 63.7 Å². The molecular formula is C70H84BBr2ClN14O16. The predicted molar refractivity (Wildman–Crippen MR) is 399 cm³/mol. The Morgan fingerprint density at radius 2 is 0.865 bits per heavy atom. The fourth-order valence-electron chi connectivity index (χ4n) is 9.65. The molecule has 0 unspecified atom stereocenters. The maximum Gasteiger partial charge on any atom is 0.500 e. The fourth-order valence-corrected chi connectivity index (χ4v) is 10.5. The number of nitro groups is 3. The molecule has 11 rings (SSSR count). The minimum absolute atomic E-state index is 0.0144. The number of pyridine rings is 5. The zero-order chi connectivity index (χ0) is 77.2. The third-order valence-corrected chi connectivity index (χ3v) is 16.2. The molecule has 1 saturated heterocycles. The van der Waals surface area contributed by atoms with Crippen molar-refractivity contribution in [2.75, 3.05) is 11.1 Å². The molecule has 1 fully saturated rings. The number of ether oxygens (including phenoxy) is 4. The van der Waals surface area contributed by atoms with Gasteiger partial charge in [-0.15, -0.1) is 0 Å². The van der Waals surface area contributed by atoms with Crippen LogP contribution in [0.3, 0.4) is 0 Å². The summed E-state index contributed by atoms with van der Waals surface area (Å²) in [6, 6.07) is 18.2. The van der Waals surface area contributed by atoms with Crippen molar-refractivity contribution >= 4 is 84.5 Å². The molecule has 0 spiro atoms. The summed E-state index contributed by atoms with van der Waals surface area (Å²) < 4.78 is 55.5. The summed E-state index contributed by atoms with van der Waals surface area (Å²) in [6.45, 7) is 38.7. The second kappa shape index (κ2) is 37.0. The van der Waals surface area contributed by atoms with Gasteiger partial charge >= 0.3 is 24.2 Å². The number of nitrogen functional groups attached to an aromatic ring is 1. The van der Waals surface area contributed by atoms with Crippen molar-refractivity contribution in [3.63, 3.8) is 0 Å². The molecule has 0 radical (unpaired) electrons. The fraction of sp³-hybridized carbons (Fsp3) is 0.386. The van der Waals surface area contributed by atoms with Gasteiger partial charge in [0.1, 0.15) is 23.0 Å². The van der Waals surface area contributed by atoms with Crippen molar-refractivity contribution in [2.24, 2.45) is 0 Å². The van der Waals surface area contributed by atoms with Crippen molar-refractivity contribution in [1.29, 1.82) is 0 Å². The molecule has 34 heteroatoms. The SMILES string of the molecule is CC(C)Oc1ncc(Br)cc1[N+](=O)[O-].Cc1noc(C)c1-c1cnc(OC(C)C)c(N)c1.Cc1noc(C)c1-c1cnc(OC(C)C)c(NCc2ccccc2)c1.Cc1noc(C)c1-c1cnc(OC(C)C)c([N+](=O)[O-])c1.Cc1noc(C)c1B1OC(C)(C)C(C)(C)O1.O=[N+]([O-])c1cc(Br)cnc1Cl. The van der Waals surface area contributed by atoms with Crippen LogP contribution in [-0.4, -0.2) is 103 Å². The summed E-state index contributed by atoms with van der Waals surface area (Å²) in [5, 5.41) is 51.0. The van der Waals surface area contributed by atoms with Crippen LogP contribution in [0, 0.1) is 85.7 Å². The van der Waals surface area contributed by atoms with E-state index >= 15 is 0 Å². The molecule has 10 aromatic rings. The first kappa shape index (κ1) is 83.0. The maximum atomic E-state index is 11.1. The van der Waals surface area contributed by atoms with Crippen LogP contribution >= 0.6 is 43.5 Å². The highest BCUT2D eigenvalue weighted by atomic mass is 79.9. The van der Waals surface area contributed by atoms with Crippen molar-refractivity contribution in [1.82, 2.24) is 45.5 Å². The Hall–Kier alpha value is -9.96. The normalized spacial score (nSPS) is 12.5. The monoisotopic (exact) mass is 1580 g/mol. The van der Waals surface area contributed by atoms with E-state index in [1.54, 1.807) is 53.9 Å². The zero-order valence-corrected chi connectivity index (χ0v) is 65.3. The predicted octanol–water partition coefficient (Wildman–Crippen LogP) is 17.1. The van der Waals surface area contributed by atoms with Gasteiger partial charge in [-0.3, -0.25) is 30.3 Å². The summed E-state index contributed by atoms with van der Waals surface area (Å²) in [7, 11) is -0.378. The van der Waals surface area contributed by atoms with E-state index in [9.17, 15) is 30.3 Å². The van der Waals surface area contributed by atoms with Crippen LogP contribution in [0.15, 0.2) is 119 Å². The molecule has 9 aromatic heterocycles. The molecule has 554 valence electrons. The van der Waals surface area contributed by atoms with Gasteiger partial charge in [0.05, 0.1) is 84.5 Å². The van der Waals surface area contributed by atoms with Crippen LogP contribution in [0.2, 0.25) is 5.15 Å². The summed E-state index contributed by atoms with van der Waals surface area (Å²) in [5.74, 6) is 4.01. The first-order valence-electron chi connectivity index (χ1n) is 32.5. The van der Waals surface area contributed by atoms with Gasteiger partial charge in [0, 0.05) is 104 Å². The number of aryl methyl sites for hydroxylation is 8. The molecule has 0 atom stereocenters. The highest BCUT2D eigenvalue weighted by Gasteiger charge is 2.53. The van der Waals surface area contributed by atoms with Crippen LogP contribution in [0.5, 0.6) is 23.5 Å². The third kappa shape index (κ3) is 22.8. The molecule has 0 saturated carbocycles. The minimum atomic E-state index is -0.583. The van der Waals surface area contributed by atoms with E-state index in [2.05, 4.69) is 94.9 Å². The lowest BCUT2D eigenvalue weighted by Crippen LogP contribution is -2.41. The van der Waals surface area contributed by atoms with E-state index in [-0.39, 0.29) is 76.7 Å². The van der Waals surface area contributed by atoms with Gasteiger partial charge in [-0.25, -0.2) is 24.9 Å². The van der Waals surface area contributed by atoms with Gasteiger partial charge in [-0.05, 0) is 188 Å². The van der Waals surface area contributed by atoms with E-state index < -0.39 is 14.8 Å². The van der Waals surface area contributed by atoms with Gasteiger partial charge in [0.2, 0.25) is 16.9 Å². The lowest BCUT2D eigenvalue weighted by Gasteiger charge is -2.32. The van der Waals surface area contributed by atoms with Gasteiger partial charge in [0.15, 0.2) is 0 Å². The molecule has 0 aliphatic carbocycles. The number of nitrogens with one attached hydrogen (secondary N) is 1. The largest absolute Gasteiger partial charge is 0.500 e. The van der Waals surface area contributed by atoms with Crippen molar-refractivity contribution in [2.45, 2.75) is 181 Å². The van der Waals surface area contributed by atoms with E-state index in [0.29, 0.717) is 50.0 Å². The summed E-state index contributed by atoms with van der Waals surface area (Å²) in [5.41, 5.74) is 16.5. The summed E-state index contributed by atoms with van der Waals surface area (Å²) in [4.78, 5) is 50.6. The van der Waals surface area contributed by atoms with Crippen molar-refractivity contribution in [3.05, 3.63) is 187 Å². The Morgan fingerprint density at radius 3 is 1.27 bits per heavy atom. The maximum absolute atomic E-state index is 11.1. The lowest BCUT2D eigenvalue weighted by molar-refractivity contribution is -0.386. The van der Waals surface area contributed by atoms with Crippen LogP contribution < -0.4 is 35.5 Å². The number of nitrogens with zero attached hydrogens (tertiary/aromatic N) is 12. The number of nitrogens with two attached hydrogens (primary N) is 1. The lowest BCUT2D eigenvalue weighted by atomic mass is 9.77. The molecule has 3 N–H and O–H groups in total. The quantitative estimate of drug-likeness (QED) is 0.0349. The average molecular weight is 1580 g/mol. The first-order chi connectivity index (χ1) is 48.8. The Morgan fingerprint density at radius 1 is 0.500 bits per heavy atom. The topological polar surface area (TPSA) is 391 Å². The van der Waals surface area contributed by atoms with Gasteiger partial charge in [0.25, 0.3) is 11.8 Å². The first-order valence-corrected chi connectivity index (χ1v) is 34.4. The molecular weight excluding hydrogens is 1500 g/mol. The number of benzene rings is 1. The van der Waals surface area contributed by atoms with Gasteiger partial charge in [-0.1, -0.05) is 62.6 Å². The number of rotatable bonds is 18. The number of anilines is 2. The Balaban J connectivity index is 0.000000199. The van der Waals surface area contributed by atoms with Crippen LogP contribution in [-0.2, 0) is 15.9 Å². The van der Waals surface area contributed by atoms with Crippen LogP contribution in [0.4, 0.5) is 28.4 Å². The van der Waals surface area contributed by atoms with E-state index in [1.165, 1.54) is 42.4 Å². The van der Waals surface area contributed by atoms with Crippen LogP contribution in [0.1, 0.15) is 134 Å². The van der Waals surface area contributed by atoms with Gasteiger partial charge < -0.3 is 57.4 Å². The second-order valence-electron chi connectivity index (χ2n) is 25.4. The smallest absolute Gasteiger partial charge is 0.473 e. The molecule has 30 nitrogen and oxygen atoms in total. The van der Waals surface area contributed by atoms with E-state index in [0.717, 1.165) is 73.3 Å². The third-order valence-electron chi connectivity index (χ3n) is 15.0. The second-order valence-corrected chi connectivity index (χ2v) is 27.6. The van der Waals surface area contributed by atoms with Crippen molar-refractivity contribution < 1.29 is 61.1 Å². The average Bonchev–Trinajstić information content (AvgIpc) is 1.61. The standard InChI is InChI=1S/C20H23N3O2.C13H15N3O4.C13H17N3O2.C11H18BNO3.C8H9BrN2O3.C5H2BrClN2O2/c1-13(2)24-20-18(21-11-16-8-6-5-7-9-16)10-17(12-22-20)19-14(3)23-25-15(19)4;1-7(2)19-13-11(16(17)18)5-10(6-14-13)12-8(3)15-20-9(12)4;1-7(2)17-13-11(14)5-10(6-15-13)12-8(3)16-18-9(12)4;1-7-9(8(2)14-13-7)12-15-10(3,4)11(5,6)16-12;1-5(2)14-8-7(11(12)13)3-6(9)4-10-8;6-3-1-4(9(10)11)5(7)8-2-3/h5-10,12-13,21H,11H2,1-4H3;5-7H,1-4H3;5-7H,14H2,1-4H3;1-6H3;3-5H,1-2H3;1-2H. The molecule has 1 aromatic carbocycles. The highest BCUT2D eigenvalue weighted by Crippen LogP contribution is 2.39. The van der Waals surface area contributed by atoms with Crippen LogP contribution in [0.25, 0.3) is 33.4 Å². The van der Waals surface area contributed by atoms with Crippen molar-refractivity contribution in [3.8, 4) is 56.9 Å². The number of hydrogen-bond donors (Lipinski definition) is 2. The zero-order valence-electron chi connectivity index (χ0n) is 61.4. The summed E-state index contributed by atoms with van der Waals surface area (Å²) >= 11 is 11.6. The number of hydrogen-bond acceptors (Lipinski definition) is 27. The number of aromatic nitrogens is 9. The Kier molecular flexibility index (Phi) is 29.5. The van der Waals surface area contributed by atoms with E-state index in [1.807, 2.05) is 127 Å². The highest BCUT2D eigenvalue weighted by molar-refractivity contribution is 9.10. The molecule has 1 aliphatic heterocycles. The Bertz CT molecular complexity index is 4470. The van der Waals surface area contributed by atoms with Gasteiger partial charge in [-0.2, -0.15) is 0 Å². The molecule has 0 amide bonds. The Labute approximate surface area is 623 Å². The molecule has 104 heavy (non-hydrogen) atoms.